The highest BCUT2D eigenvalue weighted by Crippen LogP contribution is 2.19. The minimum Gasteiger partial charge on any atom is -0.486 e. The number of nitrogens with zero attached hydrogens (tertiary/aromatic N) is 1. The first-order valence-electron chi connectivity index (χ1n) is 8.81. The zero-order valence-electron chi connectivity index (χ0n) is 15.6. The summed E-state index contributed by atoms with van der Waals surface area (Å²) in [4.78, 5) is 2.36. The maximum Gasteiger partial charge on any atom is 0.165 e. The number of aryl methyl sites for hydroxylation is 1. The number of hydrogen-bond acceptors (Lipinski definition) is 2. The van der Waals surface area contributed by atoms with E-state index in [9.17, 15) is 4.39 Å². The highest BCUT2D eigenvalue weighted by molar-refractivity contribution is 5.29. The summed E-state index contributed by atoms with van der Waals surface area (Å²) in [5, 5.41) is 0. The van der Waals surface area contributed by atoms with Gasteiger partial charge in [0, 0.05) is 6.54 Å². The summed E-state index contributed by atoms with van der Waals surface area (Å²) >= 11 is 0. The average Bonchev–Trinajstić information content (AvgIpc) is 2.61. The third-order valence-corrected chi connectivity index (χ3v) is 3.77. The first-order valence-corrected chi connectivity index (χ1v) is 8.81. The maximum atomic E-state index is 13.8. The zero-order chi connectivity index (χ0) is 17.9. The van der Waals surface area contributed by atoms with Crippen molar-refractivity contribution in [1.29, 1.82) is 0 Å². The molecule has 0 N–H and O–H groups in total. The van der Waals surface area contributed by atoms with Crippen molar-refractivity contribution in [2.45, 2.75) is 47.8 Å². The molecular formula is C21H30FNO. The predicted octanol–water partition coefficient (Wildman–Crippen LogP) is 5.58. The van der Waals surface area contributed by atoms with E-state index in [4.69, 9.17) is 4.74 Å². The summed E-state index contributed by atoms with van der Waals surface area (Å²) in [6, 6.07) is 13.3. The number of rotatable bonds is 7. The molecule has 24 heavy (non-hydrogen) atoms. The summed E-state index contributed by atoms with van der Waals surface area (Å²) in [7, 11) is 0. The molecule has 0 bridgehead atoms. The summed E-state index contributed by atoms with van der Waals surface area (Å²) in [5.41, 5.74) is 3.21. The molecule has 3 heteroatoms. The van der Waals surface area contributed by atoms with Crippen molar-refractivity contribution in [3.8, 4) is 5.75 Å². The van der Waals surface area contributed by atoms with Crippen molar-refractivity contribution in [2.24, 2.45) is 0 Å². The Kier molecular flexibility index (Phi) is 9.10. The lowest BCUT2D eigenvalue weighted by Crippen LogP contribution is -2.22. The van der Waals surface area contributed by atoms with Crippen molar-refractivity contribution in [2.75, 3.05) is 13.1 Å². The van der Waals surface area contributed by atoms with E-state index in [1.807, 2.05) is 39.0 Å². The van der Waals surface area contributed by atoms with Gasteiger partial charge in [0.15, 0.2) is 11.6 Å². The summed E-state index contributed by atoms with van der Waals surface area (Å²) in [6.45, 7) is 13.6. The smallest absolute Gasteiger partial charge is 0.165 e. The van der Waals surface area contributed by atoms with E-state index in [0.29, 0.717) is 12.4 Å². The van der Waals surface area contributed by atoms with Gasteiger partial charge in [-0.3, -0.25) is 4.90 Å². The molecule has 0 aromatic heterocycles. The van der Waals surface area contributed by atoms with Crippen molar-refractivity contribution in [3.05, 3.63) is 65.0 Å². The van der Waals surface area contributed by atoms with Gasteiger partial charge in [0.1, 0.15) is 6.61 Å². The van der Waals surface area contributed by atoms with E-state index in [0.717, 1.165) is 30.8 Å². The molecule has 0 fully saturated rings. The van der Waals surface area contributed by atoms with E-state index in [1.54, 1.807) is 6.07 Å². The molecule has 0 saturated carbocycles. The molecule has 0 spiro atoms. The largest absolute Gasteiger partial charge is 0.486 e. The Bertz CT molecular complexity index is 609. The van der Waals surface area contributed by atoms with Crippen molar-refractivity contribution >= 4 is 0 Å². The molecule has 2 aromatic carbocycles. The van der Waals surface area contributed by atoms with Crippen LogP contribution < -0.4 is 4.74 Å². The third kappa shape index (κ3) is 6.32. The Labute approximate surface area is 146 Å². The van der Waals surface area contributed by atoms with Gasteiger partial charge >= 0.3 is 0 Å². The van der Waals surface area contributed by atoms with Gasteiger partial charge in [-0.1, -0.05) is 58.0 Å². The van der Waals surface area contributed by atoms with Gasteiger partial charge in [0.05, 0.1) is 0 Å². The third-order valence-electron chi connectivity index (χ3n) is 3.77. The van der Waals surface area contributed by atoms with Crippen LogP contribution in [0.4, 0.5) is 4.39 Å². The number of benzene rings is 2. The van der Waals surface area contributed by atoms with Crippen LogP contribution in [-0.2, 0) is 13.2 Å². The van der Waals surface area contributed by atoms with E-state index in [2.05, 4.69) is 30.9 Å². The van der Waals surface area contributed by atoms with Gasteiger partial charge in [0.25, 0.3) is 0 Å². The number of hydrogen-bond donors (Lipinski definition) is 0. The van der Waals surface area contributed by atoms with Crippen molar-refractivity contribution in [3.63, 3.8) is 0 Å². The van der Waals surface area contributed by atoms with Crippen LogP contribution in [0.25, 0.3) is 0 Å². The van der Waals surface area contributed by atoms with Crippen LogP contribution in [-0.4, -0.2) is 18.0 Å². The molecule has 2 rings (SSSR count). The monoisotopic (exact) mass is 331 g/mol. The van der Waals surface area contributed by atoms with Gasteiger partial charge in [-0.05, 0) is 48.8 Å². The van der Waals surface area contributed by atoms with Gasteiger partial charge in [0.2, 0.25) is 0 Å². The second-order valence-electron chi connectivity index (χ2n) is 5.50. The minimum atomic E-state index is -0.306. The van der Waals surface area contributed by atoms with Crippen LogP contribution in [0.3, 0.4) is 0 Å². The molecule has 0 heterocycles. The topological polar surface area (TPSA) is 12.5 Å². The van der Waals surface area contributed by atoms with Crippen LogP contribution in [0.1, 0.15) is 44.4 Å². The second kappa shape index (κ2) is 10.8. The fraction of sp³-hybridized carbons (Fsp3) is 0.429. The fourth-order valence-electron chi connectivity index (χ4n) is 2.41. The molecule has 2 nitrogen and oxygen atoms in total. The zero-order valence-corrected chi connectivity index (χ0v) is 15.6. The maximum absolute atomic E-state index is 13.8. The molecule has 0 aliphatic rings. The molecule has 0 aliphatic heterocycles. The van der Waals surface area contributed by atoms with Crippen LogP contribution in [0.2, 0.25) is 0 Å². The van der Waals surface area contributed by atoms with Crippen molar-refractivity contribution < 1.29 is 9.13 Å². The Balaban J connectivity index is 0.00000139. The quantitative estimate of drug-likeness (QED) is 0.656. The fourth-order valence-corrected chi connectivity index (χ4v) is 2.41. The molecule has 0 unspecified atom stereocenters. The van der Waals surface area contributed by atoms with E-state index < -0.39 is 0 Å². The van der Waals surface area contributed by atoms with Crippen molar-refractivity contribution in [1.82, 2.24) is 4.90 Å². The molecule has 2 aromatic rings. The van der Waals surface area contributed by atoms with Crippen LogP contribution in [0, 0.1) is 12.7 Å². The Morgan fingerprint density at radius 3 is 2.25 bits per heavy atom. The SMILES string of the molecule is CC.CCN(CC)Cc1cccc(COc2ccc(C)cc2F)c1. The summed E-state index contributed by atoms with van der Waals surface area (Å²) in [5.74, 6) is -0.000887. The van der Waals surface area contributed by atoms with Crippen LogP contribution >= 0.6 is 0 Å². The number of halogens is 1. The molecular weight excluding hydrogens is 301 g/mol. The molecule has 0 aliphatic carbocycles. The first kappa shape index (κ1) is 20.2. The van der Waals surface area contributed by atoms with Gasteiger partial charge in [-0.25, -0.2) is 4.39 Å². The molecule has 132 valence electrons. The molecule has 0 amide bonds. The van der Waals surface area contributed by atoms with Gasteiger partial charge in [-0.2, -0.15) is 0 Å². The lowest BCUT2D eigenvalue weighted by Gasteiger charge is -2.18. The molecule has 0 saturated heterocycles. The Hall–Kier alpha value is -1.87. The Morgan fingerprint density at radius 2 is 1.62 bits per heavy atom. The predicted molar refractivity (Wildman–Crippen MR) is 99.9 cm³/mol. The molecule has 0 radical (unpaired) electrons. The molecule has 0 atom stereocenters. The van der Waals surface area contributed by atoms with E-state index in [-0.39, 0.29) is 5.82 Å². The van der Waals surface area contributed by atoms with E-state index >= 15 is 0 Å². The second-order valence-corrected chi connectivity index (χ2v) is 5.50. The summed E-state index contributed by atoms with van der Waals surface area (Å²) in [6.07, 6.45) is 0. The highest BCUT2D eigenvalue weighted by Gasteiger charge is 2.05. The highest BCUT2D eigenvalue weighted by atomic mass is 19.1. The van der Waals surface area contributed by atoms with Gasteiger partial charge < -0.3 is 4.74 Å². The van der Waals surface area contributed by atoms with Gasteiger partial charge in [-0.15, -0.1) is 0 Å². The lowest BCUT2D eigenvalue weighted by molar-refractivity contribution is 0.287. The normalized spacial score (nSPS) is 10.3. The average molecular weight is 331 g/mol. The minimum absolute atomic E-state index is 0.305. The van der Waals surface area contributed by atoms with Crippen LogP contribution in [0.15, 0.2) is 42.5 Å². The first-order chi connectivity index (χ1) is 11.6. The van der Waals surface area contributed by atoms with Crippen LogP contribution in [0.5, 0.6) is 5.75 Å². The standard InChI is InChI=1S/C19H24FNO.C2H6/c1-4-21(5-2)13-16-7-6-8-17(12-16)14-22-19-10-9-15(3)11-18(19)20;1-2/h6-12H,4-5,13-14H2,1-3H3;1-2H3. The van der Waals surface area contributed by atoms with E-state index in [1.165, 1.54) is 11.6 Å². The number of ether oxygens (including phenoxy) is 1. The Morgan fingerprint density at radius 1 is 0.958 bits per heavy atom. The summed E-state index contributed by atoms with van der Waals surface area (Å²) < 4.78 is 19.4. The lowest BCUT2D eigenvalue weighted by atomic mass is 10.1.